The van der Waals surface area contributed by atoms with Gasteiger partial charge in [-0.05, 0) is 70.6 Å². The van der Waals surface area contributed by atoms with Crippen LogP contribution in [-0.2, 0) is 0 Å². The molecule has 0 spiro atoms. The molecule has 6 nitrogen and oxygen atoms in total. The zero-order valence-corrected chi connectivity index (χ0v) is 16.9. The first-order valence-electron chi connectivity index (χ1n) is 10.0. The summed E-state index contributed by atoms with van der Waals surface area (Å²) >= 11 is 0. The second-order valence-corrected chi connectivity index (χ2v) is 8.98. The molecule has 1 aliphatic carbocycles. The lowest BCUT2D eigenvalue weighted by atomic mass is 9.97. The van der Waals surface area contributed by atoms with E-state index in [1.165, 1.54) is 0 Å². The summed E-state index contributed by atoms with van der Waals surface area (Å²) in [4.78, 5) is 27.3. The van der Waals surface area contributed by atoms with Crippen LogP contribution < -0.4 is 20.9 Å². The molecular weight excluding hydrogens is 340 g/mol. The molecule has 1 aliphatic heterocycles. The zero-order chi connectivity index (χ0) is 19.6. The number of carbonyl (C=O) groups is 2. The number of carbonyl (C=O) groups excluding carboxylic acids is 2. The van der Waals surface area contributed by atoms with Crippen LogP contribution in [0.5, 0.6) is 0 Å². The number of piperidine rings is 1. The third-order valence-electron chi connectivity index (χ3n) is 5.02. The average molecular weight is 373 g/mol. The molecule has 0 atom stereocenters. The van der Waals surface area contributed by atoms with Gasteiger partial charge in [-0.15, -0.1) is 0 Å². The van der Waals surface area contributed by atoms with Gasteiger partial charge in [0.15, 0.2) is 0 Å². The highest BCUT2D eigenvalue weighted by Gasteiger charge is 2.27. The summed E-state index contributed by atoms with van der Waals surface area (Å²) < 4.78 is 0. The van der Waals surface area contributed by atoms with E-state index < -0.39 is 0 Å². The first-order valence-corrected chi connectivity index (χ1v) is 10.0. The summed E-state index contributed by atoms with van der Waals surface area (Å²) in [5.41, 5.74) is 1.92. The van der Waals surface area contributed by atoms with Crippen molar-refractivity contribution in [3.05, 3.63) is 23.8 Å². The summed E-state index contributed by atoms with van der Waals surface area (Å²) in [6.45, 7) is 9.99. The maximum absolute atomic E-state index is 12.8. The summed E-state index contributed by atoms with van der Waals surface area (Å²) in [5, 5.41) is 8.81. The van der Waals surface area contributed by atoms with Crippen molar-refractivity contribution in [3.63, 3.8) is 0 Å². The molecular formula is C21H32N4O2. The van der Waals surface area contributed by atoms with Gasteiger partial charge in [-0.25, -0.2) is 4.79 Å². The van der Waals surface area contributed by atoms with Gasteiger partial charge in [-0.3, -0.25) is 4.79 Å². The molecule has 3 N–H and O–H groups in total. The first-order chi connectivity index (χ1) is 12.7. The van der Waals surface area contributed by atoms with Gasteiger partial charge in [-0.1, -0.05) is 6.92 Å². The second kappa shape index (κ2) is 7.79. The number of rotatable bonds is 4. The van der Waals surface area contributed by atoms with Crippen molar-refractivity contribution in [3.8, 4) is 0 Å². The molecule has 3 amide bonds. The van der Waals surface area contributed by atoms with Gasteiger partial charge in [0.05, 0.1) is 5.56 Å². The van der Waals surface area contributed by atoms with Crippen LogP contribution in [0.2, 0.25) is 0 Å². The standard InChI is InChI=1S/C21H32N4O2/c1-14-9-11-25(12-10-14)18-8-7-16(23-20(27)24-21(2,3)4)13-17(18)19(26)22-15-5-6-15/h7-8,13-15H,5-6,9-12H2,1-4H3,(H,22,26)(H2,23,24,27). The van der Waals surface area contributed by atoms with Crippen LogP contribution in [0.25, 0.3) is 0 Å². The fraction of sp³-hybridized carbons (Fsp3) is 0.619. The van der Waals surface area contributed by atoms with Crippen LogP contribution in [0.3, 0.4) is 0 Å². The van der Waals surface area contributed by atoms with Crippen molar-refractivity contribution in [2.45, 2.75) is 65.0 Å². The predicted molar refractivity (Wildman–Crippen MR) is 109 cm³/mol. The molecule has 0 unspecified atom stereocenters. The van der Waals surface area contributed by atoms with Crippen molar-refractivity contribution in [2.75, 3.05) is 23.3 Å². The van der Waals surface area contributed by atoms with E-state index in [2.05, 4.69) is 27.8 Å². The van der Waals surface area contributed by atoms with Crippen LogP contribution in [0.4, 0.5) is 16.2 Å². The Morgan fingerprint density at radius 1 is 1.07 bits per heavy atom. The van der Waals surface area contributed by atoms with Crippen LogP contribution in [0.1, 0.15) is 63.7 Å². The minimum Gasteiger partial charge on any atom is -0.371 e. The van der Waals surface area contributed by atoms with Gasteiger partial charge < -0.3 is 20.9 Å². The number of benzene rings is 1. The highest BCUT2D eigenvalue weighted by atomic mass is 16.2. The molecule has 3 rings (SSSR count). The number of amides is 3. The predicted octanol–water partition coefficient (Wildman–Crippen LogP) is 3.74. The first kappa shape index (κ1) is 19.5. The summed E-state index contributed by atoms with van der Waals surface area (Å²) in [6, 6.07) is 5.67. The highest BCUT2D eigenvalue weighted by molar-refractivity contribution is 6.02. The maximum atomic E-state index is 12.8. The lowest BCUT2D eigenvalue weighted by Gasteiger charge is -2.33. The molecule has 1 saturated carbocycles. The van der Waals surface area contributed by atoms with E-state index in [4.69, 9.17) is 0 Å². The van der Waals surface area contributed by atoms with Crippen molar-refractivity contribution >= 4 is 23.3 Å². The average Bonchev–Trinajstić information content (AvgIpc) is 3.38. The highest BCUT2D eigenvalue weighted by Crippen LogP contribution is 2.30. The van der Waals surface area contributed by atoms with E-state index in [1.807, 2.05) is 32.9 Å². The van der Waals surface area contributed by atoms with E-state index in [0.29, 0.717) is 17.3 Å². The quantitative estimate of drug-likeness (QED) is 0.754. The van der Waals surface area contributed by atoms with Gasteiger partial charge in [0.25, 0.3) is 5.91 Å². The Balaban J connectivity index is 1.80. The number of hydrogen-bond donors (Lipinski definition) is 3. The fourth-order valence-electron chi connectivity index (χ4n) is 3.31. The van der Waals surface area contributed by atoms with Crippen LogP contribution in [-0.4, -0.2) is 36.6 Å². The molecule has 0 aromatic heterocycles. The molecule has 1 aromatic carbocycles. The summed E-state index contributed by atoms with van der Waals surface area (Å²) in [6.07, 6.45) is 4.37. The largest absolute Gasteiger partial charge is 0.371 e. The Morgan fingerprint density at radius 2 is 1.74 bits per heavy atom. The topological polar surface area (TPSA) is 73.5 Å². The molecule has 148 valence electrons. The Hall–Kier alpha value is -2.24. The van der Waals surface area contributed by atoms with Crippen LogP contribution in [0.15, 0.2) is 18.2 Å². The molecule has 0 bridgehead atoms. The van der Waals surface area contributed by atoms with Crippen LogP contribution in [0, 0.1) is 5.92 Å². The lowest BCUT2D eigenvalue weighted by Crippen LogP contribution is -2.43. The van der Waals surface area contributed by atoms with Gasteiger partial charge >= 0.3 is 6.03 Å². The molecule has 1 saturated heterocycles. The van der Waals surface area contributed by atoms with Gasteiger partial charge in [0, 0.05) is 36.0 Å². The fourth-order valence-corrected chi connectivity index (χ4v) is 3.31. The molecule has 6 heteroatoms. The van der Waals surface area contributed by atoms with E-state index in [-0.39, 0.29) is 17.5 Å². The number of anilines is 2. The van der Waals surface area contributed by atoms with E-state index in [9.17, 15) is 9.59 Å². The maximum Gasteiger partial charge on any atom is 0.319 e. The van der Waals surface area contributed by atoms with Crippen molar-refractivity contribution < 1.29 is 9.59 Å². The van der Waals surface area contributed by atoms with Gasteiger partial charge in [0.1, 0.15) is 0 Å². The summed E-state index contributed by atoms with van der Waals surface area (Å²) in [5.74, 6) is 0.679. The second-order valence-electron chi connectivity index (χ2n) is 8.98. The third-order valence-corrected chi connectivity index (χ3v) is 5.02. The van der Waals surface area contributed by atoms with Crippen molar-refractivity contribution in [1.82, 2.24) is 10.6 Å². The Labute approximate surface area is 162 Å². The Morgan fingerprint density at radius 3 is 2.33 bits per heavy atom. The number of urea groups is 1. The minimum absolute atomic E-state index is 0.0500. The van der Waals surface area contributed by atoms with Crippen LogP contribution >= 0.6 is 0 Å². The molecule has 1 aromatic rings. The lowest BCUT2D eigenvalue weighted by molar-refractivity contribution is 0.0951. The van der Waals surface area contributed by atoms with Crippen molar-refractivity contribution in [2.24, 2.45) is 5.92 Å². The van der Waals surface area contributed by atoms with E-state index in [0.717, 1.165) is 50.4 Å². The monoisotopic (exact) mass is 372 g/mol. The third kappa shape index (κ3) is 5.62. The van der Waals surface area contributed by atoms with Gasteiger partial charge in [0.2, 0.25) is 0 Å². The number of hydrogen-bond acceptors (Lipinski definition) is 3. The van der Waals surface area contributed by atoms with Gasteiger partial charge in [-0.2, -0.15) is 0 Å². The Bertz CT molecular complexity index is 699. The number of nitrogens with one attached hydrogen (secondary N) is 3. The molecule has 2 aliphatic rings. The molecule has 1 heterocycles. The molecule has 2 fully saturated rings. The zero-order valence-electron chi connectivity index (χ0n) is 16.9. The van der Waals surface area contributed by atoms with E-state index in [1.54, 1.807) is 6.07 Å². The SMILES string of the molecule is CC1CCN(c2ccc(NC(=O)NC(C)(C)C)cc2C(=O)NC2CC2)CC1. The minimum atomic E-state index is -0.319. The normalized spacial score (nSPS) is 18.1. The number of nitrogens with zero attached hydrogens (tertiary/aromatic N) is 1. The molecule has 0 radical (unpaired) electrons. The summed E-state index contributed by atoms with van der Waals surface area (Å²) in [7, 11) is 0. The smallest absolute Gasteiger partial charge is 0.319 e. The van der Waals surface area contributed by atoms with Crippen molar-refractivity contribution in [1.29, 1.82) is 0 Å². The molecule has 27 heavy (non-hydrogen) atoms. The Kier molecular flexibility index (Phi) is 5.63. The van der Waals surface area contributed by atoms with E-state index >= 15 is 0 Å².